The zero-order valence-corrected chi connectivity index (χ0v) is 16.9. The molecule has 0 saturated carbocycles. The number of carbonyl (C=O) groups is 2. The van der Waals surface area contributed by atoms with E-state index < -0.39 is 0 Å². The van der Waals surface area contributed by atoms with Gasteiger partial charge in [-0.25, -0.2) is 0 Å². The van der Waals surface area contributed by atoms with Gasteiger partial charge in [-0.15, -0.1) is 0 Å². The first-order valence-electron chi connectivity index (χ1n) is 10.3. The van der Waals surface area contributed by atoms with E-state index in [1.165, 1.54) is 12.8 Å². The van der Waals surface area contributed by atoms with Crippen LogP contribution in [0.3, 0.4) is 0 Å². The third kappa shape index (κ3) is 6.24. The summed E-state index contributed by atoms with van der Waals surface area (Å²) in [5.41, 5.74) is 2.05. The molecule has 0 spiro atoms. The van der Waals surface area contributed by atoms with Crippen molar-refractivity contribution in [2.24, 2.45) is 0 Å². The molecule has 2 aromatic carbocycles. The fourth-order valence-corrected chi connectivity index (χ4v) is 3.44. The van der Waals surface area contributed by atoms with Gasteiger partial charge in [-0.3, -0.25) is 9.59 Å². The third-order valence-electron chi connectivity index (χ3n) is 4.88. The Hall–Kier alpha value is -3.02. The average molecular weight is 396 g/mol. The Labute approximate surface area is 172 Å². The van der Waals surface area contributed by atoms with Crippen LogP contribution in [0.4, 0.5) is 11.4 Å². The molecule has 0 radical (unpaired) electrons. The molecule has 1 aliphatic heterocycles. The van der Waals surface area contributed by atoms with Crippen molar-refractivity contribution < 1.29 is 14.3 Å². The second-order valence-electron chi connectivity index (χ2n) is 7.15. The number of rotatable bonds is 7. The lowest BCUT2D eigenvalue weighted by Gasteiger charge is -2.20. The Morgan fingerprint density at radius 3 is 2.45 bits per heavy atom. The summed E-state index contributed by atoms with van der Waals surface area (Å²) in [5.74, 6) is 0.623. The summed E-state index contributed by atoms with van der Waals surface area (Å²) >= 11 is 0. The van der Waals surface area contributed by atoms with Crippen LogP contribution in [0.2, 0.25) is 0 Å². The van der Waals surface area contributed by atoms with Gasteiger partial charge in [-0.05, 0) is 50.1 Å². The van der Waals surface area contributed by atoms with Gasteiger partial charge in [0.1, 0.15) is 5.75 Å². The molecule has 3 rings (SSSR count). The summed E-state index contributed by atoms with van der Waals surface area (Å²) in [6.07, 6.45) is 4.47. The number of nitrogens with one attached hydrogen (secondary N) is 2. The highest BCUT2D eigenvalue weighted by molar-refractivity contribution is 5.98. The van der Waals surface area contributed by atoms with Crippen molar-refractivity contribution >= 4 is 23.2 Å². The summed E-state index contributed by atoms with van der Waals surface area (Å²) in [5, 5.41) is 5.95. The Morgan fingerprint density at radius 1 is 0.966 bits per heavy atom. The highest BCUT2D eigenvalue weighted by atomic mass is 16.5. The van der Waals surface area contributed by atoms with Crippen molar-refractivity contribution in [1.82, 2.24) is 4.90 Å². The van der Waals surface area contributed by atoms with Gasteiger partial charge in [0.2, 0.25) is 5.91 Å². The van der Waals surface area contributed by atoms with E-state index in [9.17, 15) is 9.59 Å². The first kappa shape index (κ1) is 20.7. The van der Waals surface area contributed by atoms with Crippen LogP contribution in [-0.2, 0) is 4.79 Å². The van der Waals surface area contributed by atoms with E-state index in [1.54, 1.807) is 24.3 Å². The first-order valence-corrected chi connectivity index (χ1v) is 10.3. The number of amides is 2. The van der Waals surface area contributed by atoms with Gasteiger partial charge in [0.15, 0.2) is 0 Å². The van der Waals surface area contributed by atoms with Gasteiger partial charge in [-0.2, -0.15) is 0 Å². The van der Waals surface area contributed by atoms with Crippen molar-refractivity contribution in [1.29, 1.82) is 0 Å². The summed E-state index contributed by atoms with van der Waals surface area (Å²) in [6, 6.07) is 14.7. The topological polar surface area (TPSA) is 70.7 Å². The standard InChI is InChI=1S/C23H29N3O3/c1-2-29-21-12-8-10-19(16-21)24-17-22(27)25-20-11-7-9-18(15-20)23(28)26-13-5-3-4-6-14-26/h7-12,15-16,24H,2-6,13-14,17H2,1H3,(H,25,27). The summed E-state index contributed by atoms with van der Waals surface area (Å²) in [4.78, 5) is 27.0. The van der Waals surface area contributed by atoms with Crippen LogP contribution in [0.15, 0.2) is 48.5 Å². The van der Waals surface area contributed by atoms with Crippen LogP contribution < -0.4 is 15.4 Å². The number of anilines is 2. The molecule has 2 N–H and O–H groups in total. The molecule has 2 aromatic rings. The van der Waals surface area contributed by atoms with Crippen molar-refractivity contribution in [3.63, 3.8) is 0 Å². The van der Waals surface area contributed by atoms with Crippen LogP contribution in [0, 0.1) is 0 Å². The molecule has 2 amide bonds. The first-order chi connectivity index (χ1) is 14.2. The van der Waals surface area contributed by atoms with Gasteiger partial charge in [0.05, 0.1) is 13.2 Å². The van der Waals surface area contributed by atoms with Gasteiger partial charge in [0, 0.05) is 36.1 Å². The molecule has 0 bridgehead atoms. The fraction of sp³-hybridized carbons (Fsp3) is 0.391. The monoisotopic (exact) mass is 395 g/mol. The lowest BCUT2D eigenvalue weighted by Crippen LogP contribution is -2.31. The Morgan fingerprint density at radius 2 is 1.69 bits per heavy atom. The normalized spacial score (nSPS) is 14.0. The van der Waals surface area contributed by atoms with E-state index in [4.69, 9.17) is 4.74 Å². The van der Waals surface area contributed by atoms with E-state index in [0.29, 0.717) is 17.9 Å². The van der Waals surface area contributed by atoms with E-state index in [1.807, 2.05) is 36.1 Å². The van der Waals surface area contributed by atoms with Gasteiger partial charge in [-0.1, -0.05) is 25.0 Å². The number of hydrogen-bond acceptors (Lipinski definition) is 4. The van der Waals surface area contributed by atoms with E-state index in [2.05, 4.69) is 10.6 Å². The number of ether oxygens (including phenoxy) is 1. The van der Waals surface area contributed by atoms with Gasteiger partial charge < -0.3 is 20.3 Å². The Kier molecular flexibility index (Phi) is 7.50. The number of nitrogens with zero attached hydrogens (tertiary/aromatic N) is 1. The second-order valence-corrected chi connectivity index (χ2v) is 7.15. The molecule has 1 saturated heterocycles. The molecule has 6 heteroatoms. The minimum Gasteiger partial charge on any atom is -0.494 e. The maximum atomic E-state index is 12.8. The van der Waals surface area contributed by atoms with E-state index in [0.717, 1.165) is 37.4 Å². The molecule has 1 fully saturated rings. The predicted molar refractivity (Wildman–Crippen MR) is 116 cm³/mol. The van der Waals surface area contributed by atoms with Crippen molar-refractivity contribution in [3.05, 3.63) is 54.1 Å². The third-order valence-corrected chi connectivity index (χ3v) is 4.88. The number of benzene rings is 2. The van der Waals surface area contributed by atoms with Crippen molar-refractivity contribution in [2.45, 2.75) is 32.6 Å². The molecule has 154 valence electrons. The molecule has 1 aliphatic rings. The minimum atomic E-state index is -0.175. The maximum Gasteiger partial charge on any atom is 0.253 e. The van der Waals surface area contributed by atoms with E-state index in [-0.39, 0.29) is 18.4 Å². The van der Waals surface area contributed by atoms with Crippen LogP contribution in [0.5, 0.6) is 5.75 Å². The quantitative estimate of drug-likeness (QED) is 0.739. The highest BCUT2D eigenvalue weighted by Crippen LogP contribution is 2.18. The molecular formula is C23H29N3O3. The van der Waals surface area contributed by atoms with E-state index >= 15 is 0 Å². The largest absolute Gasteiger partial charge is 0.494 e. The van der Waals surface area contributed by atoms with Gasteiger partial charge >= 0.3 is 0 Å². The molecule has 0 aliphatic carbocycles. The lowest BCUT2D eigenvalue weighted by atomic mass is 10.1. The Balaban J connectivity index is 1.56. The number of carbonyl (C=O) groups excluding carboxylic acids is 2. The zero-order chi connectivity index (χ0) is 20.5. The molecule has 0 atom stereocenters. The molecule has 1 heterocycles. The second kappa shape index (κ2) is 10.5. The SMILES string of the molecule is CCOc1cccc(NCC(=O)Nc2cccc(C(=O)N3CCCCCC3)c2)c1. The predicted octanol–water partition coefficient (Wildman–Crippen LogP) is 4.15. The molecule has 6 nitrogen and oxygen atoms in total. The summed E-state index contributed by atoms with van der Waals surface area (Å²) in [7, 11) is 0. The van der Waals surface area contributed by atoms with Crippen LogP contribution in [0.25, 0.3) is 0 Å². The lowest BCUT2D eigenvalue weighted by molar-refractivity contribution is -0.114. The van der Waals surface area contributed by atoms with Crippen LogP contribution in [0.1, 0.15) is 43.0 Å². The average Bonchev–Trinajstić information content (AvgIpc) is 3.02. The Bertz CT molecular complexity index is 830. The van der Waals surface area contributed by atoms with Crippen molar-refractivity contribution in [2.75, 3.05) is 36.9 Å². The van der Waals surface area contributed by atoms with Gasteiger partial charge in [0.25, 0.3) is 5.91 Å². The molecule has 0 aromatic heterocycles. The number of likely N-dealkylation sites (tertiary alicyclic amines) is 1. The van der Waals surface area contributed by atoms with Crippen molar-refractivity contribution in [3.8, 4) is 5.75 Å². The number of hydrogen-bond donors (Lipinski definition) is 2. The zero-order valence-electron chi connectivity index (χ0n) is 16.9. The van der Waals surface area contributed by atoms with Crippen LogP contribution >= 0.6 is 0 Å². The fourth-order valence-electron chi connectivity index (χ4n) is 3.44. The summed E-state index contributed by atoms with van der Waals surface area (Å²) < 4.78 is 5.47. The maximum absolute atomic E-state index is 12.8. The minimum absolute atomic E-state index is 0.0360. The highest BCUT2D eigenvalue weighted by Gasteiger charge is 2.17. The van der Waals surface area contributed by atoms with Crippen LogP contribution in [-0.4, -0.2) is 43.0 Å². The molecular weight excluding hydrogens is 366 g/mol. The molecule has 29 heavy (non-hydrogen) atoms. The summed E-state index contributed by atoms with van der Waals surface area (Å²) in [6.45, 7) is 4.26. The smallest absolute Gasteiger partial charge is 0.253 e. The molecule has 0 unspecified atom stereocenters.